The van der Waals surface area contributed by atoms with Crippen LogP contribution in [0.2, 0.25) is 0 Å². The van der Waals surface area contributed by atoms with Crippen LogP contribution < -0.4 is 0 Å². The first-order chi connectivity index (χ1) is 8.34. The summed E-state index contributed by atoms with van der Waals surface area (Å²) >= 11 is -2.51. The Kier molecular flexibility index (Phi) is 66.0. The number of carbonyl (C=O) groups is 4. The first-order valence-corrected chi connectivity index (χ1v) is 7.52. The maximum Gasteiger partial charge on any atom is 2.00 e. The van der Waals surface area contributed by atoms with E-state index in [0.29, 0.717) is 0 Å². The molecule has 0 radical (unpaired) electrons. The molecule has 0 saturated carbocycles. The molecule has 0 aliphatic rings. The molecule has 0 spiro atoms. The molecule has 0 unspecified atom stereocenters. The molecule has 0 aromatic heterocycles. The van der Waals surface area contributed by atoms with Crippen molar-refractivity contribution in [2.24, 2.45) is 0 Å². The van der Waals surface area contributed by atoms with E-state index >= 15 is 0 Å². The summed E-state index contributed by atoms with van der Waals surface area (Å²) in [6.45, 7) is 4.33. The van der Waals surface area contributed by atoms with Gasteiger partial charge in [-0.2, -0.15) is 0 Å². The van der Waals surface area contributed by atoms with E-state index in [-0.39, 0.29) is 19.5 Å². The number of carboxylic acid groups (broad SMARTS) is 4. The fourth-order valence-electron chi connectivity index (χ4n) is 0. The van der Waals surface area contributed by atoms with Gasteiger partial charge in [-0.15, -0.1) is 0 Å². The maximum atomic E-state index is 9.00. The summed E-state index contributed by atoms with van der Waals surface area (Å²) in [5.41, 5.74) is 0. The molecule has 0 rings (SSSR count). The summed E-state index contributed by atoms with van der Waals surface area (Å²) in [5, 5.41) is 29.7. The van der Waals surface area contributed by atoms with Gasteiger partial charge in [-0.1, -0.05) is 0 Å². The number of hydrogen-bond acceptors (Lipinski definition) is 6. The third kappa shape index (κ3) is 6280. The number of rotatable bonds is 0. The van der Waals surface area contributed by atoms with Crippen LogP contribution in [-0.4, -0.2) is 44.3 Å². The van der Waals surface area contributed by atoms with Gasteiger partial charge in [-0.05, 0) is 0 Å². The smallest absolute Gasteiger partial charge is 2.00 e. The molecule has 0 fully saturated rings. The van der Waals surface area contributed by atoms with Crippen molar-refractivity contribution in [3.8, 4) is 0 Å². The minimum absolute atomic E-state index is 0. The molecule has 0 atom stereocenters. The maximum absolute atomic E-state index is 9.00. The third-order valence-electron chi connectivity index (χ3n) is 0. The Balaban J connectivity index is -0.0000000304. The minimum atomic E-state index is -2.51. The third-order valence-corrected chi connectivity index (χ3v) is 0. The Morgan fingerprint density at radius 1 is 0.600 bits per heavy atom. The molecular weight excluding hydrogens is 559 g/mol. The first-order valence-electron chi connectivity index (χ1n) is 4.12. The molecular formula is C8H16O10UZn+2. The Morgan fingerprint density at radius 3 is 0.600 bits per heavy atom. The van der Waals surface area contributed by atoms with Crippen molar-refractivity contribution in [1.29, 1.82) is 0 Å². The average molecular weight is 576 g/mol. The summed E-state index contributed by atoms with van der Waals surface area (Å²) < 4.78 is 17.2. The molecule has 10 nitrogen and oxygen atoms in total. The second-order valence-corrected chi connectivity index (χ2v) is 2.85. The quantitative estimate of drug-likeness (QED) is 0.290. The van der Waals surface area contributed by atoms with E-state index in [4.69, 9.17) is 44.1 Å². The van der Waals surface area contributed by atoms with E-state index in [1.54, 1.807) is 0 Å². The van der Waals surface area contributed by atoms with Gasteiger partial charge in [0.2, 0.25) is 0 Å². The molecule has 0 aromatic carbocycles. The molecule has 0 heterocycles. The zero-order chi connectivity index (χ0) is 17.0. The van der Waals surface area contributed by atoms with Gasteiger partial charge in [-0.25, -0.2) is 0 Å². The molecule has 4 N–H and O–H groups in total. The molecule has 112 valence electrons. The standard InChI is InChI=1S/4C2H4O2.2O.U.Zn/c4*1-2(3)4;;;;/h4*1H3,(H,3,4);;;;/q;;;;;;;+2. The summed E-state index contributed by atoms with van der Waals surface area (Å²) in [6.07, 6.45) is 0. The van der Waals surface area contributed by atoms with Crippen LogP contribution in [0, 0.1) is 27.8 Å². The summed E-state index contributed by atoms with van der Waals surface area (Å²) in [7, 11) is 0. The molecule has 0 bridgehead atoms. The van der Waals surface area contributed by atoms with Crippen molar-refractivity contribution in [3.05, 3.63) is 0 Å². The number of aliphatic carboxylic acids is 4. The van der Waals surface area contributed by atoms with Crippen LogP contribution in [0.4, 0.5) is 0 Å². The van der Waals surface area contributed by atoms with Crippen molar-refractivity contribution in [2.45, 2.75) is 27.7 Å². The second-order valence-electron chi connectivity index (χ2n) is 2.16. The van der Waals surface area contributed by atoms with Gasteiger partial charge >= 0.3 is 51.8 Å². The van der Waals surface area contributed by atoms with E-state index in [1.165, 1.54) is 0 Å². The summed E-state index contributed by atoms with van der Waals surface area (Å²) in [5.74, 6) is -3.33. The molecule has 0 saturated heterocycles. The van der Waals surface area contributed by atoms with Crippen molar-refractivity contribution in [2.75, 3.05) is 0 Å². The van der Waals surface area contributed by atoms with Crippen LogP contribution in [0.1, 0.15) is 27.7 Å². The Morgan fingerprint density at radius 2 is 0.600 bits per heavy atom. The zero-order valence-corrected chi connectivity index (χ0v) is 18.6. The van der Waals surface area contributed by atoms with E-state index < -0.39 is 51.7 Å². The van der Waals surface area contributed by atoms with E-state index in [2.05, 4.69) is 0 Å². The molecule has 12 heteroatoms. The topological polar surface area (TPSA) is 183 Å². The van der Waals surface area contributed by atoms with Crippen molar-refractivity contribution in [3.63, 3.8) is 0 Å². The van der Waals surface area contributed by atoms with Gasteiger partial charge in [0, 0.05) is 27.7 Å². The van der Waals surface area contributed by atoms with Crippen LogP contribution in [-0.2, 0) is 43.1 Å². The first kappa shape index (κ1) is 36.5. The van der Waals surface area contributed by atoms with Gasteiger partial charge in [0.25, 0.3) is 23.9 Å². The van der Waals surface area contributed by atoms with Crippen molar-refractivity contribution in [1.82, 2.24) is 0 Å². The van der Waals surface area contributed by atoms with Crippen LogP contribution in [0.25, 0.3) is 0 Å². The van der Waals surface area contributed by atoms with E-state index in [9.17, 15) is 0 Å². The molecule has 0 amide bonds. The molecule has 0 aliphatic heterocycles. The molecule has 0 aromatic rings. The number of carboxylic acids is 4. The predicted molar refractivity (Wildman–Crippen MR) is 54.6 cm³/mol. The van der Waals surface area contributed by atoms with Crippen molar-refractivity contribution >= 4 is 23.9 Å². The second kappa shape index (κ2) is 36.2. The summed E-state index contributed by atoms with van der Waals surface area (Å²) in [6, 6.07) is 0. The Labute approximate surface area is 142 Å². The molecule has 0 aliphatic carbocycles. The van der Waals surface area contributed by atoms with Gasteiger partial charge in [0.05, 0.1) is 0 Å². The average Bonchev–Trinajstić information content (AvgIpc) is 1.97. The van der Waals surface area contributed by atoms with Crippen LogP contribution in [0.15, 0.2) is 0 Å². The van der Waals surface area contributed by atoms with Gasteiger partial charge in [-0.3, -0.25) is 19.2 Å². The van der Waals surface area contributed by atoms with E-state index in [1.807, 2.05) is 0 Å². The zero-order valence-electron chi connectivity index (χ0n) is 11.4. The van der Waals surface area contributed by atoms with Crippen LogP contribution in [0.3, 0.4) is 0 Å². The minimum Gasteiger partial charge on any atom is 2.00 e. The predicted octanol–water partition coefficient (Wildman–Crippen LogP) is 0.124. The largest absolute Gasteiger partial charge is 2.00 e. The number of hydrogen-bond donors (Lipinski definition) is 4. The van der Waals surface area contributed by atoms with Crippen LogP contribution >= 0.6 is 0 Å². The summed E-state index contributed by atoms with van der Waals surface area (Å²) in [4.78, 5) is 36.0. The van der Waals surface area contributed by atoms with Gasteiger partial charge in [0.15, 0.2) is 0 Å². The van der Waals surface area contributed by atoms with Gasteiger partial charge in [0.1, 0.15) is 0 Å². The monoisotopic (exact) mass is 574 g/mol. The van der Waals surface area contributed by atoms with Gasteiger partial charge < -0.3 is 20.4 Å². The fraction of sp³-hybridized carbons (Fsp3) is 0.500. The van der Waals surface area contributed by atoms with Crippen molar-refractivity contribution < 1.29 is 91.4 Å². The Bertz CT molecular complexity index is 234. The normalized spacial score (nSPS) is 5.40. The Hall–Kier alpha value is -0.845. The van der Waals surface area contributed by atoms with Crippen LogP contribution in [0.5, 0.6) is 0 Å². The fourth-order valence-corrected chi connectivity index (χ4v) is 0. The van der Waals surface area contributed by atoms with E-state index in [0.717, 1.165) is 27.7 Å². The molecule has 20 heavy (non-hydrogen) atoms. The SMILES string of the molecule is CC(=O)O.CC(=O)O.CC(=O)O.CC(=O)O.[O]=[U]=[O].[Zn+2].